The summed E-state index contributed by atoms with van der Waals surface area (Å²) in [7, 11) is 3.92. The number of dihydropyridines is 1. The first kappa shape index (κ1) is 23.0. The van der Waals surface area contributed by atoms with E-state index in [1.54, 1.807) is 19.9 Å². The van der Waals surface area contributed by atoms with E-state index >= 15 is 0 Å². The van der Waals surface area contributed by atoms with Gasteiger partial charge in [-0.1, -0.05) is 18.2 Å². The van der Waals surface area contributed by atoms with Gasteiger partial charge in [0.05, 0.1) is 41.4 Å². The zero-order chi connectivity index (χ0) is 22.4. The maximum absolute atomic E-state index is 12.8. The maximum Gasteiger partial charge on any atom is 0.336 e. The van der Waals surface area contributed by atoms with Crippen LogP contribution in [0.5, 0.6) is 0 Å². The molecule has 0 saturated heterocycles. The van der Waals surface area contributed by atoms with E-state index < -0.39 is 29.1 Å². The minimum atomic E-state index is -1.14. The molecule has 0 radical (unpaired) electrons. The Balaban J connectivity index is 2.89. The summed E-state index contributed by atoms with van der Waals surface area (Å²) in [5.41, 5.74) is 0.413. The highest BCUT2D eigenvalue weighted by molar-refractivity contribution is 6.00. The van der Waals surface area contributed by atoms with E-state index in [2.05, 4.69) is 5.32 Å². The van der Waals surface area contributed by atoms with Crippen LogP contribution in [0.4, 0.5) is 5.69 Å². The van der Waals surface area contributed by atoms with Gasteiger partial charge in [-0.25, -0.2) is 9.59 Å². The molecule has 10 heteroatoms. The summed E-state index contributed by atoms with van der Waals surface area (Å²) in [5, 5.41) is 14.7. The van der Waals surface area contributed by atoms with E-state index in [4.69, 9.17) is 18.9 Å². The number of hydrogen-bond donors (Lipinski definition) is 1. The normalized spacial score (nSPS) is 16.4. The molecule has 1 aliphatic rings. The van der Waals surface area contributed by atoms with Crippen molar-refractivity contribution in [1.29, 1.82) is 0 Å². The average molecular weight is 420 g/mol. The molecular weight excluding hydrogens is 396 g/mol. The summed E-state index contributed by atoms with van der Waals surface area (Å²) >= 11 is 0. The number of rotatable bonds is 8. The van der Waals surface area contributed by atoms with E-state index in [9.17, 15) is 19.7 Å². The molecule has 10 nitrogen and oxygen atoms in total. The number of carbonyl (C=O) groups is 2. The van der Waals surface area contributed by atoms with Crippen molar-refractivity contribution >= 4 is 17.6 Å². The van der Waals surface area contributed by atoms with Crippen molar-refractivity contribution in [3.8, 4) is 0 Å². The Morgan fingerprint density at radius 2 is 1.77 bits per heavy atom. The van der Waals surface area contributed by atoms with E-state index in [1.807, 2.05) is 0 Å². The quantitative estimate of drug-likeness (QED) is 0.291. The number of ether oxygens (including phenoxy) is 4. The van der Waals surface area contributed by atoms with Gasteiger partial charge in [-0.2, -0.15) is 0 Å². The molecule has 0 fully saturated rings. The van der Waals surface area contributed by atoms with Gasteiger partial charge in [0.25, 0.3) is 5.69 Å². The first-order chi connectivity index (χ1) is 14.3. The molecule has 0 bridgehead atoms. The SMILES string of the molecule is CCOC(=O)C1=C(C)NC(C(OC)OC)=C(C(=O)OC)C1c1ccccc1[N+](=O)[O-]. The van der Waals surface area contributed by atoms with Gasteiger partial charge < -0.3 is 24.3 Å². The summed E-state index contributed by atoms with van der Waals surface area (Å²) in [6.45, 7) is 3.32. The number of nitrogens with one attached hydrogen (secondary N) is 1. The highest BCUT2D eigenvalue weighted by atomic mass is 16.7. The molecule has 1 aromatic carbocycles. The zero-order valence-corrected chi connectivity index (χ0v) is 17.4. The fraction of sp³-hybridized carbons (Fsp3) is 0.400. The number of para-hydroxylation sites is 1. The van der Waals surface area contributed by atoms with E-state index in [1.165, 1.54) is 39.5 Å². The molecule has 2 rings (SSSR count). The number of esters is 2. The summed E-state index contributed by atoms with van der Waals surface area (Å²) in [6.07, 6.45) is -1.01. The van der Waals surface area contributed by atoms with Crippen molar-refractivity contribution in [1.82, 2.24) is 5.32 Å². The molecule has 162 valence electrons. The van der Waals surface area contributed by atoms with Crippen LogP contribution in [0.2, 0.25) is 0 Å². The second kappa shape index (κ2) is 9.99. The molecule has 30 heavy (non-hydrogen) atoms. The third-order valence-corrected chi connectivity index (χ3v) is 4.60. The number of nitrogens with zero attached hydrogens (tertiary/aromatic N) is 1. The van der Waals surface area contributed by atoms with Gasteiger partial charge in [-0.3, -0.25) is 10.1 Å². The van der Waals surface area contributed by atoms with E-state index in [-0.39, 0.29) is 34.7 Å². The number of hydrogen-bond acceptors (Lipinski definition) is 9. The molecule has 0 amide bonds. The predicted molar refractivity (Wildman–Crippen MR) is 105 cm³/mol. The van der Waals surface area contributed by atoms with Crippen molar-refractivity contribution in [3.05, 3.63) is 62.5 Å². The lowest BCUT2D eigenvalue weighted by atomic mass is 9.79. The van der Waals surface area contributed by atoms with Gasteiger partial charge in [0.1, 0.15) is 0 Å². The lowest BCUT2D eigenvalue weighted by Crippen LogP contribution is -2.38. The number of methoxy groups -OCH3 is 3. The van der Waals surface area contributed by atoms with E-state index in [0.29, 0.717) is 5.70 Å². The first-order valence-corrected chi connectivity index (χ1v) is 9.08. The van der Waals surface area contributed by atoms with E-state index in [0.717, 1.165) is 0 Å². The van der Waals surface area contributed by atoms with Gasteiger partial charge >= 0.3 is 11.9 Å². The standard InChI is InChI=1S/C20H24N2O8/c1-6-30-19(24)14-11(2)21-17(20(28-4)29-5)16(18(23)27-3)15(14)12-9-7-8-10-13(12)22(25)26/h7-10,15,20-21H,6H2,1-5H3. The lowest BCUT2D eigenvalue weighted by Gasteiger charge is -2.33. The summed E-state index contributed by atoms with van der Waals surface area (Å²) < 4.78 is 20.7. The Hall–Kier alpha value is -3.24. The first-order valence-electron chi connectivity index (χ1n) is 9.08. The summed E-state index contributed by atoms with van der Waals surface area (Å²) in [6, 6.07) is 5.87. The number of allylic oxidation sites excluding steroid dienone is 1. The Morgan fingerprint density at radius 1 is 1.13 bits per heavy atom. The molecule has 0 spiro atoms. The zero-order valence-electron chi connectivity index (χ0n) is 17.4. The van der Waals surface area contributed by atoms with Crippen molar-refractivity contribution in [3.63, 3.8) is 0 Å². The second-order valence-electron chi connectivity index (χ2n) is 6.26. The fourth-order valence-corrected chi connectivity index (χ4v) is 3.40. The lowest BCUT2D eigenvalue weighted by molar-refractivity contribution is -0.385. The molecule has 1 aliphatic heterocycles. The van der Waals surface area contributed by atoms with Crippen LogP contribution in [0.15, 0.2) is 46.8 Å². The van der Waals surface area contributed by atoms with Crippen molar-refractivity contribution in [2.24, 2.45) is 0 Å². The Kier molecular flexibility index (Phi) is 7.67. The van der Waals surface area contributed by atoms with Gasteiger partial charge in [0, 0.05) is 31.5 Å². The number of benzene rings is 1. The Bertz CT molecular complexity index is 902. The van der Waals surface area contributed by atoms with Crippen molar-refractivity contribution in [2.75, 3.05) is 27.9 Å². The molecule has 0 saturated carbocycles. The molecular formula is C20H24N2O8. The topological polar surface area (TPSA) is 126 Å². The molecule has 1 N–H and O–H groups in total. The van der Waals surface area contributed by atoms with Crippen LogP contribution >= 0.6 is 0 Å². The smallest absolute Gasteiger partial charge is 0.336 e. The minimum Gasteiger partial charge on any atom is -0.466 e. The van der Waals surface area contributed by atoms with Gasteiger partial charge in [-0.05, 0) is 13.8 Å². The molecule has 0 aromatic heterocycles. The molecule has 1 unspecified atom stereocenters. The highest BCUT2D eigenvalue weighted by Gasteiger charge is 2.43. The predicted octanol–water partition coefficient (Wildman–Crippen LogP) is 2.16. The molecule has 1 atom stereocenters. The van der Waals surface area contributed by atoms with Crippen molar-refractivity contribution < 1.29 is 33.5 Å². The molecule has 1 aromatic rings. The third kappa shape index (κ3) is 4.34. The molecule has 1 heterocycles. The van der Waals surface area contributed by atoms with Crippen LogP contribution in [0, 0.1) is 10.1 Å². The largest absolute Gasteiger partial charge is 0.466 e. The maximum atomic E-state index is 12.8. The van der Waals surface area contributed by atoms with Crippen LogP contribution < -0.4 is 5.32 Å². The number of carbonyl (C=O) groups excluding carboxylic acids is 2. The monoisotopic (exact) mass is 420 g/mol. The number of nitro groups is 1. The second-order valence-corrected chi connectivity index (χ2v) is 6.26. The Morgan fingerprint density at radius 3 is 2.30 bits per heavy atom. The Labute approximate surface area is 173 Å². The summed E-state index contributed by atoms with van der Waals surface area (Å²) in [5.74, 6) is -2.64. The van der Waals surface area contributed by atoms with Crippen LogP contribution in [0.25, 0.3) is 0 Å². The van der Waals surface area contributed by atoms with Crippen LogP contribution in [0.3, 0.4) is 0 Å². The van der Waals surface area contributed by atoms with Crippen molar-refractivity contribution in [2.45, 2.75) is 26.1 Å². The highest BCUT2D eigenvalue weighted by Crippen LogP contribution is 2.43. The van der Waals surface area contributed by atoms with Gasteiger partial charge in [0.15, 0.2) is 6.29 Å². The molecule has 0 aliphatic carbocycles. The third-order valence-electron chi connectivity index (χ3n) is 4.60. The van der Waals surface area contributed by atoms with Crippen LogP contribution in [-0.4, -0.2) is 51.1 Å². The van der Waals surface area contributed by atoms with Gasteiger partial charge in [-0.15, -0.1) is 0 Å². The fourth-order valence-electron chi connectivity index (χ4n) is 3.40. The van der Waals surface area contributed by atoms with Gasteiger partial charge in [0.2, 0.25) is 0 Å². The summed E-state index contributed by atoms with van der Waals surface area (Å²) in [4.78, 5) is 36.8. The van der Waals surface area contributed by atoms with Crippen LogP contribution in [-0.2, 0) is 28.5 Å². The number of nitro benzene ring substituents is 1. The average Bonchev–Trinajstić information content (AvgIpc) is 2.73. The van der Waals surface area contributed by atoms with Crippen LogP contribution in [0.1, 0.15) is 25.3 Å². The minimum absolute atomic E-state index is 0.0471.